The third kappa shape index (κ3) is 4.31. The topological polar surface area (TPSA) is 135 Å². The average Bonchev–Trinajstić information content (AvgIpc) is 2.77. The summed E-state index contributed by atoms with van der Waals surface area (Å²) in [6, 6.07) is 14.0. The van der Waals surface area contributed by atoms with Crippen LogP contribution in [0.4, 0.5) is 16.0 Å². The lowest BCUT2D eigenvalue weighted by Crippen LogP contribution is -2.13. The standard InChI is InChI=1S/C23H19FN6O2S/c1-13(29-23-18(11-25)22(26)27-12-28-23)17-9-14-7-8-15(24)10-19(14)30-21(17)16-5-3-4-6-20(16)33(2,31)32/h3-10,12-13H,1-2H3,(H3,26,27,28,29). The Morgan fingerprint density at radius 2 is 1.91 bits per heavy atom. The summed E-state index contributed by atoms with van der Waals surface area (Å²) in [6.45, 7) is 1.82. The molecule has 2 heterocycles. The molecule has 10 heteroatoms. The summed E-state index contributed by atoms with van der Waals surface area (Å²) in [4.78, 5) is 12.7. The zero-order valence-electron chi connectivity index (χ0n) is 17.7. The van der Waals surface area contributed by atoms with Crippen molar-refractivity contribution in [2.75, 3.05) is 17.3 Å². The Hall–Kier alpha value is -4.10. The minimum absolute atomic E-state index is 0.0388. The molecule has 4 aromatic rings. The summed E-state index contributed by atoms with van der Waals surface area (Å²) < 4.78 is 38.8. The number of nitrogens with one attached hydrogen (secondary N) is 1. The molecule has 33 heavy (non-hydrogen) atoms. The zero-order chi connectivity index (χ0) is 23.8. The van der Waals surface area contributed by atoms with E-state index < -0.39 is 21.7 Å². The van der Waals surface area contributed by atoms with E-state index >= 15 is 0 Å². The van der Waals surface area contributed by atoms with Crippen LogP contribution in [0.25, 0.3) is 22.2 Å². The summed E-state index contributed by atoms with van der Waals surface area (Å²) in [7, 11) is -3.58. The van der Waals surface area contributed by atoms with Gasteiger partial charge in [-0.3, -0.25) is 0 Å². The van der Waals surface area contributed by atoms with Gasteiger partial charge in [-0.1, -0.05) is 18.2 Å². The van der Waals surface area contributed by atoms with Crippen molar-refractivity contribution in [3.05, 3.63) is 71.8 Å². The number of nitriles is 1. The van der Waals surface area contributed by atoms with Gasteiger partial charge >= 0.3 is 0 Å². The van der Waals surface area contributed by atoms with Crippen LogP contribution in [0.3, 0.4) is 0 Å². The number of hydrogen-bond acceptors (Lipinski definition) is 8. The van der Waals surface area contributed by atoms with E-state index in [1.165, 1.54) is 24.5 Å². The van der Waals surface area contributed by atoms with Crippen LogP contribution in [0, 0.1) is 17.1 Å². The molecular weight excluding hydrogens is 443 g/mol. The van der Waals surface area contributed by atoms with Crippen LogP contribution < -0.4 is 11.1 Å². The summed E-state index contributed by atoms with van der Waals surface area (Å²) in [5.41, 5.74) is 7.66. The van der Waals surface area contributed by atoms with E-state index in [1.807, 2.05) is 19.1 Å². The normalized spacial score (nSPS) is 12.3. The number of anilines is 2. The van der Waals surface area contributed by atoms with E-state index in [2.05, 4.69) is 20.3 Å². The molecule has 0 aliphatic carbocycles. The number of nitrogen functional groups attached to an aromatic ring is 1. The number of sulfone groups is 1. The van der Waals surface area contributed by atoms with Gasteiger partial charge in [-0.25, -0.2) is 27.8 Å². The van der Waals surface area contributed by atoms with Gasteiger partial charge in [0.15, 0.2) is 9.84 Å². The summed E-state index contributed by atoms with van der Waals surface area (Å²) >= 11 is 0. The minimum Gasteiger partial charge on any atom is -0.382 e. The first-order valence-corrected chi connectivity index (χ1v) is 11.7. The number of aromatic nitrogens is 3. The van der Waals surface area contributed by atoms with Crippen molar-refractivity contribution in [1.29, 1.82) is 5.26 Å². The molecule has 0 saturated heterocycles. The Kier molecular flexibility index (Phi) is 5.66. The number of nitrogens with zero attached hydrogens (tertiary/aromatic N) is 4. The molecule has 1 unspecified atom stereocenters. The van der Waals surface area contributed by atoms with Crippen LogP contribution in [0.15, 0.2) is 59.8 Å². The lowest BCUT2D eigenvalue weighted by atomic mass is 9.98. The van der Waals surface area contributed by atoms with Crippen LogP contribution >= 0.6 is 0 Å². The number of fused-ring (bicyclic) bond motifs is 1. The average molecular weight is 463 g/mol. The first-order chi connectivity index (χ1) is 15.7. The van der Waals surface area contributed by atoms with Crippen LogP contribution in [0.1, 0.15) is 24.1 Å². The highest BCUT2D eigenvalue weighted by Gasteiger charge is 2.22. The quantitative estimate of drug-likeness (QED) is 0.456. The lowest BCUT2D eigenvalue weighted by Gasteiger charge is -2.21. The maximum atomic E-state index is 13.9. The van der Waals surface area contributed by atoms with Crippen molar-refractivity contribution in [1.82, 2.24) is 15.0 Å². The Morgan fingerprint density at radius 1 is 1.15 bits per heavy atom. The molecule has 0 radical (unpaired) electrons. The Morgan fingerprint density at radius 3 is 2.64 bits per heavy atom. The van der Waals surface area contributed by atoms with E-state index in [9.17, 15) is 18.1 Å². The predicted molar refractivity (Wildman–Crippen MR) is 123 cm³/mol. The molecule has 0 saturated carbocycles. The molecule has 2 aromatic heterocycles. The summed E-state index contributed by atoms with van der Waals surface area (Å²) in [5.74, 6) is -0.178. The Balaban J connectivity index is 1.95. The maximum absolute atomic E-state index is 13.9. The number of nitrogens with two attached hydrogens (primary N) is 1. The van der Waals surface area contributed by atoms with Crippen LogP contribution in [0.2, 0.25) is 0 Å². The third-order valence-corrected chi connectivity index (χ3v) is 6.31. The van der Waals surface area contributed by atoms with Crippen molar-refractivity contribution in [3.8, 4) is 17.3 Å². The zero-order valence-corrected chi connectivity index (χ0v) is 18.6. The van der Waals surface area contributed by atoms with Gasteiger partial charge in [0.1, 0.15) is 35.4 Å². The number of halogens is 1. The number of rotatable bonds is 5. The first kappa shape index (κ1) is 22.1. The largest absolute Gasteiger partial charge is 0.382 e. The molecular formula is C23H19FN6O2S. The fourth-order valence-corrected chi connectivity index (χ4v) is 4.48. The smallest absolute Gasteiger partial charge is 0.176 e. The Labute approximate surface area is 189 Å². The third-order valence-electron chi connectivity index (χ3n) is 5.16. The van der Waals surface area contributed by atoms with Crippen LogP contribution in [-0.2, 0) is 9.84 Å². The molecule has 0 bridgehead atoms. The van der Waals surface area contributed by atoms with Gasteiger partial charge in [0.05, 0.1) is 22.1 Å². The van der Waals surface area contributed by atoms with E-state index in [0.29, 0.717) is 27.7 Å². The number of hydrogen-bond donors (Lipinski definition) is 2. The van der Waals surface area contributed by atoms with Gasteiger partial charge in [-0.2, -0.15) is 5.26 Å². The molecule has 2 aromatic carbocycles. The maximum Gasteiger partial charge on any atom is 0.176 e. The van der Waals surface area contributed by atoms with E-state index in [1.54, 1.807) is 24.3 Å². The highest BCUT2D eigenvalue weighted by atomic mass is 32.2. The molecule has 0 amide bonds. The van der Waals surface area contributed by atoms with Crippen molar-refractivity contribution in [3.63, 3.8) is 0 Å². The molecule has 8 nitrogen and oxygen atoms in total. The SMILES string of the molecule is CC(Nc1ncnc(N)c1C#N)c1cc2ccc(F)cc2nc1-c1ccccc1S(C)(=O)=O. The van der Waals surface area contributed by atoms with E-state index in [0.717, 1.165) is 6.26 Å². The number of benzene rings is 2. The second kappa shape index (κ2) is 8.44. The molecule has 1 atom stereocenters. The lowest BCUT2D eigenvalue weighted by molar-refractivity contribution is 0.602. The second-order valence-electron chi connectivity index (χ2n) is 7.49. The van der Waals surface area contributed by atoms with Crippen molar-refractivity contribution in [2.45, 2.75) is 17.9 Å². The second-order valence-corrected chi connectivity index (χ2v) is 9.48. The van der Waals surface area contributed by atoms with Crippen molar-refractivity contribution in [2.24, 2.45) is 0 Å². The Bertz CT molecular complexity index is 1530. The molecule has 0 aliphatic rings. The first-order valence-electron chi connectivity index (χ1n) is 9.86. The van der Waals surface area contributed by atoms with E-state index in [4.69, 9.17) is 5.73 Å². The minimum atomic E-state index is -3.58. The molecule has 166 valence electrons. The fourth-order valence-electron chi connectivity index (χ4n) is 3.59. The molecule has 0 aliphatic heterocycles. The van der Waals surface area contributed by atoms with Gasteiger partial charge in [0, 0.05) is 28.8 Å². The summed E-state index contributed by atoms with van der Waals surface area (Å²) in [5, 5.41) is 13.3. The molecule has 4 rings (SSSR count). The monoisotopic (exact) mass is 462 g/mol. The van der Waals surface area contributed by atoms with E-state index in [-0.39, 0.29) is 22.1 Å². The van der Waals surface area contributed by atoms with Gasteiger partial charge in [-0.05, 0) is 31.2 Å². The van der Waals surface area contributed by atoms with Gasteiger partial charge < -0.3 is 11.1 Å². The number of pyridine rings is 1. The van der Waals surface area contributed by atoms with Gasteiger partial charge in [0.25, 0.3) is 0 Å². The van der Waals surface area contributed by atoms with Crippen molar-refractivity contribution >= 4 is 32.4 Å². The summed E-state index contributed by atoms with van der Waals surface area (Å²) in [6.07, 6.45) is 2.36. The predicted octanol–water partition coefficient (Wildman–Crippen LogP) is 3.86. The van der Waals surface area contributed by atoms with Crippen molar-refractivity contribution < 1.29 is 12.8 Å². The molecule has 0 spiro atoms. The fraction of sp³-hybridized carbons (Fsp3) is 0.130. The van der Waals surface area contributed by atoms with Gasteiger partial charge in [0.2, 0.25) is 0 Å². The molecule has 0 fully saturated rings. The van der Waals surface area contributed by atoms with Crippen LogP contribution in [-0.4, -0.2) is 29.6 Å². The van der Waals surface area contributed by atoms with Gasteiger partial charge in [-0.15, -0.1) is 0 Å². The van der Waals surface area contributed by atoms with Crippen LogP contribution in [0.5, 0.6) is 0 Å². The molecule has 3 N–H and O–H groups in total. The highest BCUT2D eigenvalue weighted by molar-refractivity contribution is 7.90. The highest BCUT2D eigenvalue weighted by Crippen LogP contribution is 2.35.